The topological polar surface area (TPSA) is 112 Å². The molecule has 3 rings (SSSR count). The van der Waals surface area contributed by atoms with E-state index in [9.17, 15) is 0 Å². The minimum Gasteiger partial charge on any atom is -0.496 e. The molecule has 0 spiro atoms. The van der Waals surface area contributed by atoms with Crippen molar-refractivity contribution in [2.75, 3.05) is 12.4 Å². The first-order valence-electron chi connectivity index (χ1n) is 8.54. The molecule has 2 aromatic heterocycles. The van der Waals surface area contributed by atoms with E-state index in [1.54, 1.807) is 7.11 Å². The molecule has 8 nitrogen and oxygen atoms in total. The van der Waals surface area contributed by atoms with E-state index in [0.29, 0.717) is 17.7 Å². The largest absolute Gasteiger partial charge is 0.496 e. The van der Waals surface area contributed by atoms with Gasteiger partial charge in [-0.3, -0.25) is 5.10 Å². The van der Waals surface area contributed by atoms with Crippen molar-refractivity contribution in [3.63, 3.8) is 0 Å². The number of nitriles is 1. The van der Waals surface area contributed by atoms with Gasteiger partial charge in [-0.15, -0.1) is 12.4 Å². The number of hydrogen-bond donors (Lipinski definition) is 3. The van der Waals surface area contributed by atoms with Crippen LogP contribution in [0.25, 0.3) is 11.3 Å². The molecule has 0 fully saturated rings. The van der Waals surface area contributed by atoms with Crippen LogP contribution >= 0.6 is 12.4 Å². The molecule has 0 unspecified atom stereocenters. The van der Waals surface area contributed by atoms with Gasteiger partial charge in [0.15, 0.2) is 11.5 Å². The summed E-state index contributed by atoms with van der Waals surface area (Å²) in [6, 6.07) is 10.3. The highest BCUT2D eigenvalue weighted by Crippen LogP contribution is 2.31. The van der Waals surface area contributed by atoms with Crippen LogP contribution in [0.15, 0.2) is 36.7 Å². The maximum atomic E-state index is 8.77. The summed E-state index contributed by atoms with van der Waals surface area (Å²) in [7, 11) is 1.65. The standard InChI is InChI=1S/C19H21N7O.ClH/c1-12(2)21-9-13-4-5-15(17(6-13)27-3)16-7-18(26-25-16)24-19-11-22-14(8-20)10-23-19;/h4-7,10-12,21H,9H2,1-3H3,(H2,23,24,25,26);1H. The second-order valence-corrected chi connectivity index (χ2v) is 6.26. The number of H-pyrrole nitrogens is 1. The van der Waals surface area contributed by atoms with Crippen LogP contribution in [0.2, 0.25) is 0 Å². The fourth-order valence-corrected chi connectivity index (χ4v) is 2.50. The number of methoxy groups -OCH3 is 1. The van der Waals surface area contributed by atoms with E-state index in [2.05, 4.69) is 50.7 Å². The van der Waals surface area contributed by atoms with Crippen molar-refractivity contribution in [1.82, 2.24) is 25.5 Å². The summed E-state index contributed by atoms with van der Waals surface area (Å²) in [6.45, 7) is 5.01. The molecule has 3 aromatic rings. The molecular weight excluding hydrogens is 378 g/mol. The van der Waals surface area contributed by atoms with Crippen LogP contribution in [-0.2, 0) is 6.54 Å². The van der Waals surface area contributed by atoms with Crippen molar-refractivity contribution in [1.29, 1.82) is 5.26 Å². The Morgan fingerprint density at radius 2 is 2.00 bits per heavy atom. The Bertz CT molecular complexity index is 948. The zero-order chi connectivity index (χ0) is 19.2. The Morgan fingerprint density at radius 3 is 2.64 bits per heavy atom. The average molecular weight is 400 g/mol. The molecule has 0 aliphatic heterocycles. The lowest BCUT2D eigenvalue weighted by atomic mass is 10.1. The lowest BCUT2D eigenvalue weighted by Crippen LogP contribution is -2.21. The number of rotatable bonds is 7. The molecule has 1 aromatic carbocycles. The summed E-state index contributed by atoms with van der Waals surface area (Å²) < 4.78 is 5.55. The molecule has 0 aliphatic rings. The Hall–Kier alpha value is -3.15. The molecule has 146 valence electrons. The summed E-state index contributed by atoms with van der Waals surface area (Å²) >= 11 is 0. The molecule has 0 saturated carbocycles. The number of ether oxygens (including phenoxy) is 1. The number of hydrogen-bond acceptors (Lipinski definition) is 7. The maximum Gasteiger partial charge on any atom is 0.158 e. The second kappa shape index (κ2) is 9.69. The van der Waals surface area contributed by atoms with E-state index in [1.165, 1.54) is 12.4 Å². The van der Waals surface area contributed by atoms with Crippen LogP contribution in [0.4, 0.5) is 11.6 Å². The first-order chi connectivity index (χ1) is 13.1. The van der Waals surface area contributed by atoms with Gasteiger partial charge < -0.3 is 15.4 Å². The molecule has 0 bridgehead atoms. The van der Waals surface area contributed by atoms with E-state index in [-0.39, 0.29) is 18.1 Å². The fourth-order valence-electron chi connectivity index (χ4n) is 2.50. The highest BCUT2D eigenvalue weighted by molar-refractivity contribution is 5.85. The predicted octanol–water partition coefficient (Wildman–Crippen LogP) is 3.41. The van der Waals surface area contributed by atoms with Crippen LogP contribution in [0.1, 0.15) is 25.1 Å². The van der Waals surface area contributed by atoms with Gasteiger partial charge in [0.25, 0.3) is 0 Å². The third-order valence-electron chi connectivity index (χ3n) is 3.87. The zero-order valence-electron chi connectivity index (χ0n) is 15.9. The smallest absolute Gasteiger partial charge is 0.158 e. The molecule has 0 atom stereocenters. The monoisotopic (exact) mass is 399 g/mol. The van der Waals surface area contributed by atoms with Crippen LogP contribution in [-0.4, -0.2) is 33.3 Å². The highest BCUT2D eigenvalue weighted by Gasteiger charge is 2.11. The minimum absolute atomic E-state index is 0. The highest BCUT2D eigenvalue weighted by atomic mass is 35.5. The maximum absolute atomic E-state index is 8.77. The number of halogens is 1. The molecular formula is C19H22ClN7O. The summed E-state index contributed by atoms with van der Waals surface area (Å²) in [5.41, 5.74) is 3.15. The van der Waals surface area contributed by atoms with Gasteiger partial charge in [0.1, 0.15) is 17.6 Å². The van der Waals surface area contributed by atoms with E-state index in [1.807, 2.05) is 24.3 Å². The number of anilines is 2. The SMILES string of the molecule is COc1cc(CNC(C)C)ccc1-c1cc(Nc2cnc(C#N)cn2)n[nH]1.Cl. The van der Waals surface area contributed by atoms with E-state index in [0.717, 1.165) is 29.1 Å². The minimum atomic E-state index is 0. The van der Waals surface area contributed by atoms with Crippen molar-refractivity contribution in [2.45, 2.75) is 26.4 Å². The van der Waals surface area contributed by atoms with Gasteiger partial charge in [0.05, 0.1) is 25.2 Å². The lowest BCUT2D eigenvalue weighted by molar-refractivity contribution is 0.415. The summed E-state index contributed by atoms with van der Waals surface area (Å²) in [5, 5.41) is 22.5. The predicted molar refractivity (Wildman–Crippen MR) is 110 cm³/mol. The van der Waals surface area contributed by atoms with Crippen molar-refractivity contribution in [3.05, 3.63) is 47.9 Å². The van der Waals surface area contributed by atoms with Crippen molar-refractivity contribution in [2.24, 2.45) is 0 Å². The van der Waals surface area contributed by atoms with E-state index < -0.39 is 0 Å². The fraction of sp³-hybridized carbons (Fsp3) is 0.263. The first kappa shape index (κ1) is 21.2. The Labute approximate surface area is 169 Å². The van der Waals surface area contributed by atoms with Gasteiger partial charge in [-0.25, -0.2) is 9.97 Å². The average Bonchev–Trinajstić information content (AvgIpc) is 3.15. The van der Waals surface area contributed by atoms with Gasteiger partial charge >= 0.3 is 0 Å². The second-order valence-electron chi connectivity index (χ2n) is 6.26. The number of aromatic amines is 1. The van der Waals surface area contributed by atoms with Gasteiger partial charge in [0, 0.05) is 24.2 Å². The Balaban J connectivity index is 0.00000280. The molecule has 3 N–H and O–H groups in total. The number of aromatic nitrogens is 4. The Morgan fingerprint density at radius 1 is 1.18 bits per heavy atom. The van der Waals surface area contributed by atoms with Crippen molar-refractivity contribution in [3.8, 4) is 23.1 Å². The molecule has 28 heavy (non-hydrogen) atoms. The third kappa shape index (κ3) is 5.19. The quantitative estimate of drug-likeness (QED) is 0.558. The van der Waals surface area contributed by atoms with Gasteiger partial charge in [-0.05, 0) is 17.7 Å². The van der Waals surface area contributed by atoms with Crippen molar-refractivity contribution >= 4 is 24.0 Å². The van der Waals surface area contributed by atoms with Crippen LogP contribution < -0.4 is 15.4 Å². The number of nitrogens with zero attached hydrogens (tertiary/aromatic N) is 4. The molecule has 2 heterocycles. The van der Waals surface area contributed by atoms with Crippen LogP contribution in [0, 0.1) is 11.3 Å². The normalized spacial score (nSPS) is 10.2. The Kier molecular flexibility index (Phi) is 7.32. The molecule has 0 radical (unpaired) electrons. The molecule has 0 aliphatic carbocycles. The first-order valence-corrected chi connectivity index (χ1v) is 8.54. The van der Waals surface area contributed by atoms with Crippen LogP contribution in [0.3, 0.4) is 0 Å². The van der Waals surface area contributed by atoms with Crippen LogP contribution in [0.5, 0.6) is 5.75 Å². The summed E-state index contributed by atoms with van der Waals surface area (Å²) in [6.07, 6.45) is 2.90. The number of nitrogens with one attached hydrogen (secondary N) is 3. The third-order valence-corrected chi connectivity index (χ3v) is 3.87. The lowest BCUT2D eigenvalue weighted by Gasteiger charge is -2.11. The van der Waals surface area contributed by atoms with Gasteiger partial charge in [-0.2, -0.15) is 10.4 Å². The molecule has 0 saturated heterocycles. The van der Waals surface area contributed by atoms with Gasteiger partial charge in [-0.1, -0.05) is 19.9 Å². The zero-order valence-corrected chi connectivity index (χ0v) is 16.7. The molecule has 9 heteroatoms. The van der Waals surface area contributed by atoms with Crippen molar-refractivity contribution < 1.29 is 4.74 Å². The number of benzene rings is 1. The van der Waals surface area contributed by atoms with Gasteiger partial charge in [0.2, 0.25) is 0 Å². The van der Waals surface area contributed by atoms with E-state index >= 15 is 0 Å². The molecule has 0 amide bonds. The summed E-state index contributed by atoms with van der Waals surface area (Å²) in [4.78, 5) is 8.10. The van der Waals surface area contributed by atoms with E-state index in [4.69, 9.17) is 10.00 Å². The summed E-state index contributed by atoms with van der Waals surface area (Å²) in [5.74, 6) is 1.87.